The molecule has 138 valence electrons. The van der Waals surface area contributed by atoms with Crippen molar-refractivity contribution in [3.63, 3.8) is 0 Å². The average Bonchev–Trinajstić information content (AvgIpc) is 3.14. The highest BCUT2D eigenvalue weighted by atomic mass is 32.1. The van der Waals surface area contributed by atoms with E-state index < -0.39 is 0 Å². The number of carbonyl (C=O) groups is 2. The first kappa shape index (κ1) is 18.3. The Balaban J connectivity index is 1.50. The van der Waals surface area contributed by atoms with E-state index in [-0.39, 0.29) is 11.8 Å². The lowest BCUT2D eigenvalue weighted by Crippen LogP contribution is -2.37. The Morgan fingerprint density at radius 3 is 2.77 bits per heavy atom. The Morgan fingerprint density at radius 1 is 1.19 bits per heavy atom. The van der Waals surface area contributed by atoms with Gasteiger partial charge in [0.25, 0.3) is 5.91 Å². The summed E-state index contributed by atoms with van der Waals surface area (Å²) in [5.41, 5.74) is 1.71. The molecule has 0 atom stereocenters. The van der Waals surface area contributed by atoms with Gasteiger partial charge in [-0.25, -0.2) is 0 Å². The zero-order valence-corrected chi connectivity index (χ0v) is 15.7. The Labute approximate surface area is 156 Å². The van der Waals surface area contributed by atoms with Crippen LogP contribution in [-0.4, -0.2) is 44.0 Å². The topological polar surface area (TPSA) is 67.9 Å². The summed E-state index contributed by atoms with van der Waals surface area (Å²) in [7, 11) is 3.07. The van der Waals surface area contributed by atoms with Gasteiger partial charge in [-0.15, -0.1) is 11.3 Å². The molecule has 0 saturated heterocycles. The average molecular weight is 374 g/mol. The second-order valence-corrected chi connectivity index (χ2v) is 7.01. The van der Waals surface area contributed by atoms with Crippen LogP contribution in [0.1, 0.15) is 27.2 Å². The number of thiophene rings is 1. The molecule has 1 aromatic carbocycles. The summed E-state index contributed by atoms with van der Waals surface area (Å²) in [4.78, 5) is 27.9. The highest BCUT2D eigenvalue weighted by Gasteiger charge is 2.21. The number of fused-ring (bicyclic) bond motifs is 1. The molecule has 0 bridgehead atoms. The smallest absolute Gasteiger partial charge is 0.251 e. The molecule has 0 radical (unpaired) electrons. The van der Waals surface area contributed by atoms with Crippen LogP contribution in [0.4, 0.5) is 0 Å². The maximum atomic E-state index is 12.4. The molecule has 0 saturated carbocycles. The monoisotopic (exact) mass is 374 g/mol. The highest BCUT2D eigenvalue weighted by Crippen LogP contribution is 2.27. The number of methoxy groups -OCH3 is 2. The van der Waals surface area contributed by atoms with Crippen LogP contribution in [0.15, 0.2) is 29.6 Å². The molecular formula is C19H22N2O4S. The normalized spacial score (nSPS) is 13.1. The summed E-state index contributed by atoms with van der Waals surface area (Å²) in [6.07, 6.45) is 1.20. The predicted octanol–water partition coefficient (Wildman–Crippen LogP) is 2.47. The number of hydrogen-bond donors (Lipinski definition) is 1. The standard InChI is InChI=1S/C19H22N2O4S/c1-24-15-4-3-13(11-16(15)25-2)19(23)20-8-5-18(22)21-9-6-17-14(12-21)7-10-26-17/h3-4,7,10-11H,5-6,8-9,12H2,1-2H3,(H,20,23). The molecule has 0 aliphatic carbocycles. The Morgan fingerprint density at radius 2 is 2.00 bits per heavy atom. The first-order valence-electron chi connectivity index (χ1n) is 8.45. The molecule has 6 nitrogen and oxygen atoms in total. The number of amides is 2. The van der Waals surface area contributed by atoms with E-state index in [0.717, 1.165) is 13.0 Å². The quantitative estimate of drug-likeness (QED) is 0.843. The second-order valence-electron chi connectivity index (χ2n) is 6.01. The largest absolute Gasteiger partial charge is 0.493 e. The molecule has 0 spiro atoms. The molecular weight excluding hydrogens is 352 g/mol. The van der Waals surface area contributed by atoms with Crippen LogP contribution in [0.25, 0.3) is 0 Å². The molecule has 7 heteroatoms. The van der Waals surface area contributed by atoms with E-state index in [9.17, 15) is 9.59 Å². The molecule has 1 aliphatic rings. The van der Waals surface area contributed by atoms with E-state index in [0.29, 0.717) is 36.6 Å². The molecule has 1 N–H and O–H groups in total. The van der Waals surface area contributed by atoms with E-state index in [4.69, 9.17) is 9.47 Å². The van der Waals surface area contributed by atoms with Gasteiger partial charge in [-0.1, -0.05) is 0 Å². The maximum absolute atomic E-state index is 12.4. The van der Waals surface area contributed by atoms with Crippen molar-refractivity contribution in [2.75, 3.05) is 27.3 Å². The molecule has 26 heavy (non-hydrogen) atoms. The zero-order chi connectivity index (χ0) is 18.5. The highest BCUT2D eigenvalue weighted by molar-refractivity contribution is 7.10. The third-order valence-electron chi connectivity index (χ3n) is 4.43. The van der Waals surface area contributed by atoms with Crippen molar-refractivity contribution in [2.45, 2.75) is 19.4 Å². The minimum atomic E-state index is -0.238. The molecule has 0 fully saturated rings. The summed E-state index contributed by atoms with van der Waals surface area (Å²) in [5, 5.41) is 4.86. The van der Waals surface area contributed by atoms with Gasteiger partial charge in [0.2, 0.25) is 5.91 Å². The number of benzene rings is 1. The second kappa shape index (κ2) is 8.23. The number of ether oxygens (including phenoxy) is 2. The van der Waals surface area contributed by atoms with Crippen molar-refractivity contribution < 1.29 is 19.1 Å². The fourth-order valence-corrected chi connectivity index (χ4v) is 3.87. The number of hydrogen-bond acceptors (Lipinski definition) is 5. The molecule has 0 unspecified atom stereocenters. The van der Waals surface area contributed by atoms with E-state index in [1.807, 2.05) is 4.90 Å². The fourth-order valence-electron chi connectivity index (χ4n) is 2.98. The van der Waals surface area contributed by atoms with Crippen molar-refractivity contribution in [1.29, 1.82) is 0 Å². The van der Waals surface area contributed by atoms with Crippen molar-refractivity contribution in [3.05, 3.63) is 45.6 Å². The maximum Gasteiger partial charge on any atom is 0.251 e. The predicted molar refractivity (Wildman–Crippen MR) is 99.9 cm³/mol. The molecule has 1 aromatic heterocycles. The van der Waals surface area contributed by atoms with Gasteiger partial charge in [-0.05, 0) is 41.6 Å². The van der Waals surface area contributed by atoms with Crippen molar-refractivity contribution >= 4 is 23.2 Å². The number of nitrogens with one attached hydrogen (secondary N) is 1. The van der Waals surface area contributed by atoms with E-state index in [1.165, 1.54) is 17.6 Å². The third kappa shape index (κ3) is 3.99. The molecule has 2 amide bonds. The van der Waals surface area contributed by atoms with Gasteiger partial charge in [0.05, 0.1) is 14.2 Å². The van der Waals surface area contributed by atoms with E-state index in [1.54, 1.807) is 36.6 Å². The molecule has 3 rings (SSSR count). The minimum Gasteiger partial charge on any atom is -0.493 e. The van der Waals surface area contributed by atoms with Gasteiger partial charge in [0.15, 0.2) is 11.5 Å². The Kier molecular flexibility index (Phi) is 5.78. The summed E-state index contributed by atoms with van der Waals surface area (Å²) in [6.45, 7) is 1.72. The van der Waals surface area contributed by atoms with Gasteiger partial charge in [0, 0.05) is 36.5 Å². The van der Waals surface area contributed by atoms with Crippen LogP contribution in [-0.2, 0) is 17.8 Å². The van der Waals surface area contributed by atoms with Crippen LogP contribution < -0.4 is 14.8 Å². The van der Waals surface area contributed by atoms with Gasteiger partial charge < -0.3 is 19.7 Å². The lowest BCUT2D eigenvalue weighted by Gasteiger charge is -2.27. The van der Waals surface area contributed by atoms with Crippen LogP contribution in [0.5, 0.6) is 11.5 Å². The summed E-state index contributed by atoms with van der Waals surface area (Å²) >= 11 is 1.75. The first-order chi connectivity index (χ1) is 12.6. The minimum absolute atomic E-state index is 0.0643. The SMILES string of the molecule is COc1ccc(C(=O)NCCC(=O)N2CCc3sccc3C2)cc1OC. The fraction of sp³-hybridized carbons (Fsp3) is 0.368. The molecule has 1 aliphatic heterocycles. The van der Waals surface area contributed by atoms with E-state index >= 15 is 0 Å². The zero-order valence-electron chi connectivity index (χ0n) is 14.9. The lowest BCUT2D eigenvalue weighted by atomic mass is 10.1. The summed E-state index contributed by atoms with van der Waals surface area (Å²) in [5.74, 6) is 0.889. The molecule has 2 heterocycles. The van der Waals surface area contributed by atoms with Gasteiger partial charge >= 0.3 is 0 Å². The Bertz CT molecular complexity index is 803. The van der Waals surface area contributed by atoms with Crippen molar-refractivity contribution in [3.8, 4) is 11.5 Å². The van der Waals surface area contributed by atoms with E-state index in [2.05, 4.69) is 16.8 Å². The van der Waals surface area contributed by atoms with Crippen LogP contribution in [0, 0.1) is 0 Å². The van der Waals surface area contributed by atoms with Crippen LogP contribution in [0.2, 0.25) is 0 Å². The first-order valence-corrected chi connectivity index (χ1v) is 9.33. The molecule has 2 aromatic rings. The number of carbonyl (C=O) groups excluding carboxylic acids is 2. The third-order valence-corrected chi connectivity index (χ3v) is 5.45. The van der Waals surface area contributed by atoms with Crippen molar-refractivity contribution in [1.82, 2.24) is 10.2 Å². The summed E-state index contributed by atoms with van der Waals surface area (Å²) < 4.78 is 10.4. The van der Waals surface area contributed by atoms with Gasteiger partial charge in [-0.3, -0.25) is 9.59 Å². The van der Waals surface area contributed by atoms with Gasteiger partial charge in [0.1, 0.15) is 0 Å². The lowest BCUT2D eigenvalue weighted by molar-refractivity contribution is -0.131. The summed E-state index contributed by atoms with van der Waals surface area (Å²) in [6, 6.07) is 7.06. The van der Waals surface area contributed by atoms with Crippen LogP contribution in [0.3, 0.4) is 0 Å². The number of nitrogens with zero attached hydrogens (tertiary/aromatic N) is 1. The van der Waals surface area contributed by atoms with Crippen molar-refractivity contribution in [2.24, 2.45) is 0 Å². The van der Waals surface area contributed by atoms with Crippen LogP contribution >= 0.6 is 11.3 Å². The number of rotatable bonds is 6. The Hall–Kier alpha value is -2.54. The van der Waals surface area contributed by atoms with Gasteiger partial charge in [-0.2, -0.15) is 0 Å².